The summed E-state index contributed by atoms with van der Waals surface area (Å²) in [6, 6.07) is 0.0275. The maximum Gasteiger partial charge on any atom is 0.279 e. The lowest BCUT2D eigenvalue weighted by atomic mass is 9.97. The lowest BCUT2D eigenvalue weighted by molar-refractivity contribution is -0.0445. The van der Waals surface area contributed by atoms with Crippen molar-refractivity contribution in [2.45, 2.75) is 45.4 Å². The highest BCUT2D eigenvalue weighted by Gasteiger charge is 2.34. The van der Waals surface area contributed by atoms with E-state index in [1.54, 1.807) is 0 Å². The van der Waals surface area contributed by atoms with Gasteiger partial charge in [0.1, 0.15) is 0 Å². The van der Waals surface area contributed by atoms with Crippen molar-refractivity contribution in [1.82, 2.24) is 14.3 Å². The molecule has 7 heteroatoms. The summed E-state index contributed by atoms with van der Waals surface area (Å²) < 4.78 is 34.8. The number of ether oxygens (including phenoxy) is 1. The van der Waals surface area contributed by atoms with Gasteiger partial charge in [0, 0.05) is 19.1 Å². The van der Waals surface area contributed by atoms with Crippen LogP contribution in [0.25, 0.3) is 0 Å². The molecular formula is C12H25N3O3S. The smallest absolute Gasteiger partial charge is 0.279 e. The molecule has 0 aromatic rings. The van der Waals surface area contributed by atoms with Crippen molar-refractivity contribution in [3.63, 3.8) is 0 Å². The minimum atomic E-state index is -3.41. The van der Waals surface area contributed by atoms with E-state index in [0.29, 0.717) is 19.0 Å². The summed E-state index contributed by atoms with van der Waals surface area (Å²) in [5.41, 5.74) is 0. The third kappa shape index (κ3) is 3.88. The number of rotatable bonds is 3. The van der Waals surface area contributed by atoms with Crippen LogP contribution >= 0.6 is 0 Å². The molecule has 2 aliphatic rings. The van der Waals surface area contributed by atoms with E-state index in [4.69, 9.17) is 4.74 Å². The van der Waals surface area contributed by atoms with Crippen molar-refractivity contribution >= 4 is 10.2 Å². The first-order valence-corrected chi connectivity index (χ1v) is 8.46. The molecule has 0 amide bonds. The molecule has 2 N–H and O–H groups in total. The molecule has 2 heterocycles. The van der Waals surface area contributed by atoms with E-state index in [1.165, 1.54) is 4.31 Å². The summed E-state index contributed by atoms with van der Waals surface area (Å²) in [7, 11) is -3.41. The lowest BCUT2D eigenvalue weighted by Crippen LogP contribution is -2.56. The normalized spacial score (nSPS) is 38.3. The average Bonchev–Trinajstić information content (AvgIpc) is 2.31. The summed E-state index contributed by atoms with van der Waals surface area (Å²) in [6.45, 7) is 8.48. The number of nitrogens with one attached hydrogen (secondary N) is 2. The van der Waals surface area contributed by atoms with Crippen LogP contribution in [0.5, 0.6) is 0 Å². The largest absolute Gasteiger partial charge is 0.373 e. The molecule has 4 atom stereocenters. The molecule has 0 aromatic carbocycles. The predicted octanol–water partition coefficient (Wildman–Crippen LogP) is -0.0720. The van der Waals surface area contributed by atoms with Gasteiger partial charge in [0.2, 0.25) is 0 Å². The van der Waals surface area contributed by atoms with E-state index in [9.17, 15) is 8.42 Å². The molecule has 112 valence electrons. The van der Waals surface area contributed by atoms with Crippen molar-refractivity contribution in [3.8, 4) is 0 Å². The Hall–Kier alpha value is -0.210. The van der Waals surface area contributed by atoms with Gasteiger partial charge in [-0.2, -0.15) is 17.4 Å². The standard InChI is InChI=1S/C12H25N3O3S/c1-9-6-13-5-4-12(9)14-19(16,17)15-7-10(2)18-11(3)8-15/h9-14H,4-8H2,1-3H3. The molecule has 2 aliphatic heterocycles. The van der Waals surface area contributed by atoms with E-state index in [-0.39, 0.29) is 18.2 Å². The SMILES string of the molecule is CC1CN(S(=O)(=O)NC2CCNCC2C)CC(C)O1. The third-order valence-corrected chi connectivity index (χ3v) is 5.39. The summed E-state index contributed by atoms with van der Waals surface area (Å²) >= 11 is 0. The van der Waals surface area contributed by atoms with Crippen LogP contribution in [0.1, 0.15) is 27.2 Å². The molecule has 0 aromatic heterocycles. The molecule has 6 nitrogen and oxygen atoms in total. The first-order valence-electron chi connectivity index (χ1n) is 7.02. The van der Waals surface area contributed by atoms with Crippen molar-refractivity contribution in [2.24, 2.45) is 5.92 Å². The number of nitrogens with zero attached hydrogens (tertiary/aromatic N) is 1. The summed E-state index contributed by atoms with van der Waals surface area (Å²) in [4.78, 5) is 0. The molecule has 2 saturated heterocycles. The molecular weight excluding hydrogens is 266 g/mol. The number of hydrogen-bond acceptors (Lipinski definition) is 4. The van der Waals surface area contributed by atoms with E-state index < -0.39 is 10.2 Å². The Balaban J connectivity index is 2.01. The van der Waals surface area contributed by atoms with Gasteiger partial charge < -0.3 is 10.1 Å². The monoisotopic (exact) mass is 291 g/mol. The Bertz CT molecular complexity index is 391. The summed E-state index contributed by atoms with van der Waals surface area (Å²) in [5.74, 6) is 0.319. The van der Waals surface area contributed by atoms with Crippen molar-refractivity contribution in [2.75, 3.05) is 26.2 Å². The van der Waals surface area contributed by atoms with Crippen molar-refractivity contribution in [3.05, 3.63) is 0 Å². The van der Waals surface area contributed by atoms with Crippen LogP contribution < -0.4 is 10.0 Å². The van der Waals surface area contributed by atoms with Crippen LogP contribution in [0.15, 0.2) is 0 Å². The van der Waals surface area contributed by atoms with E-state index >= 15 is 0 Å². The molecule has 2 rings (SSSR count). The van der Waals surface area contributed by atoms with Crippen LogP contribution in [-0.4, -0.2) is 57.2 Å². The van der Waals surface area contributed by atoms with Gasteiger partial charge >= 0.3 is 0 Å². The van der Waals surface area contributed by atoms with Crippen LogP contribution in [0.3, 0.4) is 0 Å². The maximum atomic E-state index is 12.4. The zero-order valence-corrected chi connectivity index (χ0v) is 12.7. The molecule has 0 radical (unpaired) electrons. The van der Waals surface area contributed by atoms with Gasteiger partial charge in [-0.3, -0.25) is 0 Å². The van der Waals surface area contributed by atoms with Gasteiger partial charge in [-0.25, -0.2) is 0 Å². The quantitative estimate of drug-likeness (QED) is 0.763. The first kappa shape index (κ1) is 15.2. The Kier molecular flexibility index (Phi) is 4.84. The minimum absolute atomic E-state index is 0.0275. The van der Waals surface area contributed by atoms with Crippen LogP contribution in [0, 0.1) is 5.92 Å². The minimum Gasteiger partial charge on any atom is -0.373 e. The molecule has 0 aliphatic carbocycles. The van der Waals surface area contributed by atoms with Gasteiger partial charge in [0.25, 0.3) is 10.2 Å². The van der Waals surface area contributed by atoms with Crippen LogP contribution in [0.4, 0.5) is 0 Å². The van der Waals surface area contributed by atoms with Crippen molar-refractivity contribution in [1.29, 1.82) is 0 Å². The molecule has 19 heavy (non-hydrogen) atoms. The Morgan fingerprint density at radius 2 is 1.84 bits per heavy atom. The third-order valence-electron chi connectivity index (χ3n) is 3.81. The second kappa shape index (κ2) is 6.05. The highest BCUT2D eigenvalue weighted by molar-refractivity contribution is 7.87. The number of morpholine rings is 1. The second-order valence-corrected chi connectivity index (χ2v) is 7.48. The van der Waals surface area contributed by atoms with Crippen LogP contribution in [0.2, 0.25) is 0 Å². The molecule has 0 bridgehead atoms. The lowest BCUT2D eigenvalue weighted by Gasteiger charge is -2.37. The molecule has 0 saturated carbocycles. The first-order chi connectivity index (χ1) is 8.88. The summed E-state index contributed by atoms with van der Waals surface area (Å²) in [6.07, 6.45) is 0.743. The predicted molar refractivity (Wildman–Crippen MR) is 74.1 cm³/mol. The fourth-order valence-electron chi connectivity index (χ4n) is 2.78. The van der Waals surface area contributed by atoms with Gasteiger partial charge in [-0.1, -0.05) is 6.92 Å². The molecule has 2 fully saturated rings. The average molecular weight is 291 g/mol. The fraction of sp³-hybridized carbons (Fsp3) is 1.00. The highest BCUT2D eigenvalue weighted by atomic mass is 32.2. The molecule has 0 spiro atoms. The van der Waals surface area contributed by atoms with Gasteiger partial charge in [0.15, 0.2) is 0 Å². The Morgan fingerprint density at radius 3 is 2.42 bits per heavy atom. The maximum absolute atomic E-state index is 12.4. The second-order valence-electron chi connectivity index (χ2n) is 5.77. The van der Waals surface area contributed by atoms with Crippen LogP contribution in [-0.2, 0) is 14.9 Å². The van der Waals surface area contributed by atoms with Gasteiger partial charge in [0.05, 0.1) is 12.2 Å². The highest BCUT2D eigenvalue weighted by Crippen LogP contribution is 2.17. The zero-order valence-electron chi connectivity index (χ0n) is 11.9. The Morgan fingerprint density at radius 1 is 1.21 bits per heavy atom. The van der Waals surface area contributed by atoms with E-state index in [2.05, 4.69) is 17.0 Å². The van der Waals surface area contributed by atoms with E-state index in [1.807, 2.05) is 13.8 Å². The fourth-order valence-corrected chi connectivity index (χ4v) is 4.48. The van der Waals surface area contributed by atoms with Crippen molar-refractivity contribution < 1.29 is 13.2 Å². The topological polar surface area (TPSA) is 70.7 Å². The number of piperidine rings is 1. The number of hydrogen-bond donors (Lipinski definition) is 2. The zero-order chi connectivity index (χ0) is 14.0. The van der Waals surface area contributed by atoms with Gasteiger partial charge in [-0.15, -0.1) is 0 Å². The van der Waals surface area contributed by atoms with Gasteiger partial charge in [-0.05, 0) is 39.3 Å². The Labute approximate surface area is 116 Å². The van der Waals surface area contributed by atoms with E-state index in [0.717, 1.165) is 19.5 Å². The molecule has 4 unspecified atom stereocenters. The summed E-state index contributed by atoms with van der Waals surface area (Å²) in [5, 5.41) is 3.28.